The van der Waals surface area contributed by atoms with E-state index >= 15 is 0 Å². The number of hydrogen-bond acceptors (Lipinski definition) is 3. The van der Waals surface area contributed by atoms with Gasteiger partial charge in [0.15, 0.2) is 9.84 Å². The number of aryl methyl sites for hydroxylation is 1. The van der Waals surface area contributed by atoms with Crippen LogP contribution in [-0.4, -0.2) is 20.7 Å². The zero-order valence-corrected chi connectivity index (χ0v) is 10.4. The van der Waals surface area contributed by atoms with E-state index in [2.05, 4.69) is 5.32 Å². The van der Waals surface area contributed by atoms with Crippen molar-refractivity contribution in [1.29, 1.82) is 0 Å². The molecular weight excluding hydrogens is 222 g/mol. The number of sulfone groups is 1. The molecule has 0 spiro atoms. The van der Waals surface area contributed by atoms with E-state index in [0.29, 0.717) is 6.54 Å². The lowest BCUT2D eigenvalue weighted by atomic mass is 10.2. The van der Waals surface area contributed by atoms with Crippen LogP contribution in [0.25, 0.3) is 0 Å². The van der Waals surface area contributed by atoms with Crippen molar-refractivity contribution in [2.24, 2.45) is 0 Å². The molecule has 0 fully saturated rings. The van der Waals surface area contributed by atoms with E-state index in [9.17, 15) is 8.42 Å². The molecule has 0 aliphatic rings. The third-order valence-electron chi connectivity index (χ3n) is 2.26. The van der Waals surface area contributed by atoms with Gasteiger partial charge in [-0.1, -0.05) is 31.2 Å². The molecular formula is C12H17NO2S. The summed E-state index contributed by atoms with van der Waals surface area (Å²) >= 11 is 0. The summed E-state index contributed by atoms with van der Waals surface area (Å²) in [6.07, 6.45) is 1.63. The van der Waals surface area contributed by atoms with E-state index in [0.717, 1.165) is 11.3 Å². The second-order valence-electron chi connectivity index (χ2n) is 3.52. The molecule has 0 aliphatic heterocycles. The van der Waals surface area contributed by atoms with Crippen LogP contribution >= 0.6 is 0 Å². The summed E-state index contributed by atoms with van der Waals surface area (Å²) in [5.41, 5.74) is 2.18. The molecule has 1 N–H and O–H groups in total. The highest BCUT2D eigenvalue weighted by atomic mass is 32.2. The van der Waals surface area contributed by atoms with Gasteiger partial charge >= 0.3 is 0 Å². The fraction of sp³-hybridized carbons (Fsp3) is 0.333. The quantitative estimate of drug-likeness (QED) is 0.858. The summed E-state index contributed by atoms with van der Waals surface area (Å²) in [5.74, 6) is 0.147. The van der Waals surface area contributed by atoms with Crippen LogP contribution in [0.3, 0.4) is 0 Å². The third-order valence-corrected chi connectivity index (χ3v) is 3.67. The van der Waals surface area contributed by atoms with Gasteiger partial charge in [-0.15, -0.1) is 0 Å². The maximum Gasteiger partial charge on any atom is 0.171 e. The molecule has 0 bridgehead atoms. The molecule has 0 unspecified atom stereocenters. The van der Waals surface area contributed by atoms with E-state index in [4.69, 9.17) is 0 Å². The normalized spacial score (nSPS) is 11.9. The lowest BCUT2D eigenvalue weighted by molar-refractivity contribution is 0.605. The van der Waals surface area contributed by atoms with Gasteiger partial charge < -0.3 is 5.32 Å². The molecule has 0 amide bonds. The Bertz CT molecular complexity index is 464. The fourth-order valence-corrected chi connectivity index (χ4v) is 1.81. The van der Waals surface area contributed by atoms with Crippen LogP contribution in [0, 0.1) is 6.92 Å². The first kappa shape index (κ1) is 12.8. The smallest absolute Gasteiger partial charge is 0.171 e. The predicted molar refractivity (Wildman–Crippen MR) is 68.3 cm³/mol. The molecule has 0 radical (unpaired) electrons. The summed E-state index contributed by atoms with van der Waals surface area (Å²) in [7, 11) is -3.00. The summed E-state index contributed by atoms with van der Waals surface area (Å²) in [6.45, 7) is 4.16. The van der Waals surface area contributed by atoms with Crippen LogP contribution in [0.1, 0.15) is 12.5 Å². The molecule has 0 heterocycles. The molecule has 16 heavy (non-hydrogen) atoms. The first-order chi connectivity index (χ1) is 7.55. The first-order valence-corrected chi connectivity index (χ1v) is 6.95. The van der Waals surface area contributed by atoms with Crippen molar-refractivity contribution < 1.29 is 8.42 Å². The molecule has 4 heteroatoms. The van der Waals surface area contributed by atoms with Crippen molar-refractivity contribution >= 4 is 15.5 Å². The Morgan fingerprint density at radius 2 is 2.00 bits per heavy atom. The number of hydrogen-bond donors (Lipinski definition) is 1. The van der Waals surface area contributed by atoms with Crippen molar-refractivity contribution in [2.75, 3.05) is 17.6 Å². The molecule has 1 aromatic carbocycles. The van der Waals surface area contributed by atoms with Crippen molar-refractivity contribution in [3.63, 3.8) is 0 Å². The van der Waals surface area contributed by atoms with Gasteiger partial charge in [0.1, 0.15) is 0 Å². The Kier molecular flexibility index (Phi) is 4.55. The molecule has 0 aromatic heterocycles. The molecule has 0 saturated heterocycles. The van der Waals surface area contributed by atoms with Gasteiger partial charge in [-0.3, -0.25) is 0 Å². The zero-order valence-electron chi connectivity index (χ0n) is 9.60. The minimum absolute atomic E-state index is 0.147. The Balaban J connectivity index is 2.51. The summed E-state index contributed by atoms with van der Waals surface area (Å²) in [4.78, 5) is 0. The highest BCUT2D eigenvalue weighted by Crippen LogP contribution is 2.12. The topological polar surface area (TPSA) is 46.2 Å². The molecule has 3 nitrogen and oxygen atoms in total. The number of anilines is 1. The molecule has 1 aromatic rings. The number of para-hydroxylation sites is 1. The van der Waals surface area contributed by atoms with E-state index in [1.165, 1.54) is 5.41 Å². The Morgan fingerprint density at radius 1 is 1.31 bits per heavy atom. The zero-order chi connectivity index (χ0) is 12.0. The Labute approximate surface area is 97.1 Å². The average molecular weight is 239 g/mol. The maximum atomic E-state index is 11.2. The van der Waals surface area contributed by atoms with E-state index in [1.54, 1.807) is 13.0 Å². The molecule has 0 saturated carbocycles. The van der Waals surface area contributed by atoms with Crippen molar-refractivity contribution in [3.05, 3.63) is 41.3 Å². The summed E-state index contributed by atoms with van der Waals surface area (Å²) < 4.78 is 22.3. The fourth-order valence-electron chi connectivity index (χ4n) is 1.23. The third kappa shape index (κ3) is 4.06. The number of rotatable bonds is 5. The number of benzene rings is 1. The lowest BCUT2D eigenvalue weighted by Crippen LogP contribution is -2.02. The van der Waals surface area contributed by atoms with Crippen molar-refractivity contribution in [3.8, 4) is 0 Å². The molecule has 88 valence electrons. The van der Waals surface area contributed by atoms with Crippen molar-refractivity contribution in [1.82, 2.24) is 0 Å². The van der Waals surface area contributed by atoms with Gasteiger partial charge in [0.05, 0.1) is 5.75 Å². The highest BCUT2D eigenvalue weighted by Gasteiger charge is 1.99. The van der Waals surface area contributed by atoms with Gasteiger partial charge in [-0.05, 0) is 18.6 Å². The van der Waals surface area contributed by atoms with Gasteiger partial charge in [0.25, 0.3) is 0 Å². The number of nitrogens with one attached hydrogen (secondary N) is 1. The minimum Gasteiger partial charge on any atom is -0.381 e. The minimum atomic E-state index is -3.00. The van der Waals surface area contributed by atoms with Gasteiger partial charge in [-0.25, -0.2) is 8.42 Å². The molecule has 1 rings (SSSR count). The van der Waals surface area contributed by atoms with E-state index in [1.807, 2.05) is 31.2 Å². The second-order valence-corrected chi connectivity index (χ2v) is 5.69. The second kappa shape index (κ2) is 5.70. The summed E-state index contributed by atoms with van der Waals surface area (Å²) in [5, 5.41) is 4.42. The Morgan fingerprint density at radius 3 is 2.62 bits per heavy atom. The SMILES string of the molecule is CCS(=O)(=O)C=CCNc1ccccc1C. The summed E-state index contributed by atoms with van der Waals surface area (Å²) in [6, 6.07) is 7.89. The maximum absolute atomic E-state index is 11.2. The van der Waals surface area contributed by atoms with Crippen LogP contribution in [-0.2, 0) is 9.84 Å². The van der Waals surface area contributed by atoms with Gasteiger partial charge in [0.2, 0.25) is 0 Å². The molecule has 0 aliphatic carbocycles. The van der Waals surface area contributed by atoms with Gasteiger partial charge in [-0.2, -0.15) is 0 Å². The van der Waals surface area contributed by atoms with Crippen LogP contribution < -0.4 is 5.32 Å². The van der Waals surface area contributed by atoms with Crippen LogP contribution in [0.2, 0.25) is 0 Å². The van der Waals surface area contributed by atoms with Crippen LogP contribution in [0.15, 0.2) is 35.7 Å². The predicted octanol–water partition coefficient (Wildman–Crippen LogP) is 2.36. The highest BCUT2D eigenvalue weighted by molar-refractivity contribution is 7.94. The van der Waals surface area contributed by atoms with Crippen LogP contribution in [0.5, 0.6) is 0 Å². The van der Waals surface area contributed by atoms with Crippen molar-refractivity contribution in [2.45, 2.75) is 13.8 Å². The van der Waals surface area contributed by atoms with E-state index < -0.39 is 9.84 Å². The Hall–Kier alpha value is -1.29. The van der Waals surface area contributed by atoms with Crippen LogP contribution in [0.4, 0.5) is 5.69 Å². The monoisotopic (exact) mass is 239 g/mol. The average Bonchev–Trinajstić information content (AvgIpc) is 2.27. The first-order valence-electron chi connectivity index (χ1n) is 5.24. The molecule has 0 atom stereocenters. The van der Waals surface area contributed by atoms with Gasteiger partial charge in [0, 0.05) is 17.6 Å². The largest absolute Gasteiger partial charge is 0.381 e. The van der Waals surface area contributed by atoms with E-state index in [-0.39, 0.29) is 5.75 Å². The lowest BCUT2D eigenvalue weighted by Gasteiger charge is -2.06. The standard InChI is InChI=1S/C12H17NO2S/c1-3-16(14,15)10-6-9-13-12-8-5-4-7-11(12)2/h4-8,10,13H,3,9H2,1-2H3.